The third-order valence-corrected chi connectivity index (χ3v) is 1.93. The van der Waals surface area contributed by atoms with E-state index in [1.54, 1.807) is 4.68 Å². The van der Waals surface area contributed by atoms with Gasteiger partial charge in [-0.25, -0.2) is 4.68 Å². The third kappa shape index (κ3) is 1.81. The number of benzene rings is 1. The molecule has 0 amide bonds. The molecule has 0 aliphatic carbocycles. The highest BCUT2D eigenvalue weighted by molar-refractivity contribution is 5.30. The zero-order chi connectivity index (χ0) is 9.80. The van der Waals surface area contributed by atoms with Crippen LogP contribution in [0.25, 0.3) is 5.69 Å². The van der Waals surface area contributed by atoms with E-state index in [4.69, 9.17) is 5.21 Å². The minimum Gasteiger partial charge on any atom is -0.316 e. The Morgan fingerprint density at radius 3 is 2.71 bits per heavy atom. The molecule has 2 N–H and O–H groups in total. The molecule has 0 aliphatic heterocycles. The van der Waals surface area contributed by atoms with Crippen LogP contribution in [0, 0.1) is 0 Å². The summed E-state index contributed by atoms with van der Waals surface area (Å²) >= 11 is 0. The molecular weight excluding hydrogens is 178 g/mol. The summed E-state index contributed by atoms with van der Waals surface area (Å²) in [6.45, 7) is 0.361. The summed E-state index contributed by atoms with van der Waals surface area (Å²) in [6, 6.07) is 11.7. The molecule has 14 heavy (non-hydrogen) atoms. The van der Waals surface area contributed by atoms with Crippen LogP contribution in [-0.2, 0) is 6.54 Å². The van der Waals surface area contributed by atoms with E-state index in [0.717, 1.165) is 11.4 Å². The number of rotatable bonds is 3. The fraction of sp³-hybridized carbons (Fsp3) is 0.100. The molecule has 1 heterocycles. The second kappa shape index (κ2) is 4.04. The minimum absolute atomic E-state index is 0.361. The molecule has 4 nitrogen and oxygen atoms in total. The van der Waals surface area contributed by atoms with Crippen molar-refractivity contribution in [1.82, 2.24) is 15.3 Å². The van der Waals surface area contributed by atoms with Crippen LogP contribution in [0.3, 0.4) is 0 Å². The molecule has 0 fully saturated rings. The fourth-order valence-electron chi connectivity index (χ4n) is 1.26. The molecule has 0 atom stereocenters. The van der Waals surface area contributed by atoms with Crippen molar-refractivity contribution in [3.63, 3.8) is 0 Å². The molecule has 0 unspecified atom stereocenters. The van der Waals surface area contributed by atoms with E-state index in [1.807, 2.05) is 42.6 Å². The topological polar surface area (TPSA) is 50.1 Å². The zero-order valence-corrected chi connectivity index (χ0v) is 7.59. The van der Waals surface area contributed by atoms with Gasteiger partial charge < -0.3 is 5.21 Å². The highest BCUT2D eigenvalue weighted by Crippen LogP contribution is 2.06. The first-order valence-corrected chi connectivity index (χ1v) is 4.37. The summed E-state index contributed by atoms with van der Waals surface area (Å²) < 4.78 is 1.77. The Kier molecular flexibility index (Phi) is 2.58. The van der Waals surface area contributed by atoms with E-state index in [9.17, 15) is 0 Å². The Morgan fingerprint density at radius 1 is 1.21 bits per heavy atom. The van der Waals surface area contributed by atoms with Crippen LogP contribution in [0.4, 0.5) is 0 Å². The summed E-state index contributed by atoms with van der Waals surface area (Å²) in [7, 11) is 0. The summed E-state index contributed by atoms with van der Waals surface area (Å²) in [5, 5.41) is 12.8. The zero-order valence-electron chi connectivity index (χ0n) is 7.59. The number of aromatic nitrogens is 2. The number of hydrogen-bond acceptors (Lipinski definition) is 3. The average molecular weight is 189 g/mol. The summed E-state index contributed by atoms with van der Waals surface area (Å²) in [5.41, 5.74) is 3.89. The van der Waals surface area contributed by atoms with Crippen molar-refractivity contribution < 1.29 is 5.21 Å². The van der Waals surface area contributed by atoms with E-state index in [-0.39, 0.29) is 0 Å². The second-order valence-corrected chi connectivity index (χ2v) is 2.92. The molecule has 2 aromatic rings. The van der Waals surface area contributed by atoms with E-state index in [1.165, 1.54) is 0 Å². The largest absolute Gasteiger partial charge is 0.316 e. The van der Waals surface area contributed by atoms with E-state index >= 15 is 0 Å². The highest BCUT2D eigenvalue weighted by Gasteiger charge is 1.98. The van der Waals surface area contributed by atoms with E-state index < -0.39 is 0 Å². The number of hydroxylamine groups is 1. The van der Waals surface area contributed by atoms with Crippen molar-refractivity contribution in [3.8, 4) is 5.69 Å². The van der Waals surface area contributed by atoms with Crippen LogP contribution in [0.1, 0.15) is 5.69 Å². The molecular formula is C10H11N3O. The second-order valence-electron chi connectivity index (χ2n) is 2.92. The Balaban J connectivity index is 2.25. The van der Waals surface area contributed by atoms with Crippen molar-refractivity contribution in [2.75, 3.05) is 0 Å². The van der Waals surface area contributed by atoms with Gasteiger partial charge in [-0.1, -0.05) is 18.2 Å². The predicted molar refractivity (Wildman–Crippen MR) is 52.2 cm³/mol. The van der Waals surface area contributed by atoms with Crippen molar-refractivity contribution in [2.45, 2.75) is 6.54 Å². The maximum Gasteiger partial charge on any atom is 0.0790 e. The Labute approximate surface area is 81.8 Å². The van der Waals surface area contributed by atoms with Crippen LogP contribution in [0.15, 0.2) is 42.6 Å². The molecule has 72 valence electrons. The van der Waals surface area contributed by atoms with Gasteiger partial charge in [0, 0.05) is 6.20 Å². The van der Waals surface area contributed by atoms with Crippen molar-refractivity contribution in [3.05, 3.63) is 48.3 Å². The lowest BCUT2D eigenvalue weighted by Gasteiger charge is -1.99. The summed E-state index contributed by atoms with van der Waals surface area (Å²) in [5.74, 6) is 0. The quantitative estimate of drug-likeness (QED) is 0.716. The molecule has 4 heteroatoms. The lowest BCUT2D eigenvalue weighted by molar-refractivity contribution is 0.160. The third-order valence-electron chi connectivity index (χ3n) is 1.93. The van der Waals surface area contributed by atoms with Crippen LogP contribution in [0.5, 0.6) is 0 Å². The lowest BCUT2D eigenvalue weighted by atomic mass is 10.3. The molecule has 0 aliphatic rings. The van der Waals surface area contributed by atoms with Gasteiger partial charge in [0.05, 0.1) is 17.9 Å². The first kappa shape index (κ1) is 8.93. The van der Waals surface area contributed by atoms with E-state index in [2.05, 4.69) is 10.6 Å². The van der Waals surface area contributed by atoms with Crippen molar-refractivity contribution in [2.24, 2.45) is 0 Å². The van der Waals surface area contributed by atoms with Crippen molar-refractivity contribution >= 4 is 0 Å². The molecule has 1 aromatic carbocycles. The van der Waals surface area contributed by atoms with Gasteiger partial charge in [-0.05, 0) is 18.2 Å². The molecule has 1 aromatic heterocycles. The lowest BCUT2D eigenvalue weighted by Crippen LogP contribution is -2.07. The van der Waals surface area contributed by atoms with Crippen LogP contribution >= 0.6 is 0 Å². The SMILES string of the molecule is ONCc1ccn(-c2ccccc2)n1. The Bertz CT molecular complexity index is 397. The molecule has 0 saturated carbocycles. The number of hydrogen-bond donors (Lipinski definition) is 2. The van der Waals surface area contributed by atoms with Gasteiger partial charge in [0.1, 0.15) is 0 Å². The van der Waals surface area contributed by atoms with Crippen LogP contribution in [-0.4, -0.2) is 15.0 Å². The first-order chi connectivity index (χ1) is 6.90. The van der Waals surface area contributed by atoms with Gasteiger partial charge in [0.2, 0.25) is 0 Å². The molecule has 0 radical (unpaired) electrons. The fourth-order valence-corrected chi connectivity index (χ4v) is 1.26. The summed E-state index contributed by atoms with van der Waals surface area (Å²) in [4.78, 5) is 0. The van der Waals surface area contributed by atoms with Gasteiger partial charge in [-0.3, -0.25) is 0 Å². The standard InChI is InChI=1S/C10H11N3O/c14-11-8-9-6-7-13(12-9)10-4-2-1-3-5-10/h1-7,11,14H,8H2. The normalized spacial score (nSPS) is 10.4. The molecule has 0 spiro atoms. The van der Waals surface area contributed by atoms with Gasteiger partial charge in [0.25, 0.3) is 0 Å². The maximum absolute atomic E-state index is 8.50. The first-order valence-electron chi connectivity index (χ1n) is 4.37. The van der Waals surface area contributed by atoms with Gasteiger partial charge in [-0.15, -0.1) is 0 Å². The average Bonchev–Trinajstić information content (AvgIpc) is 2.68. The highest BCUT2D eigenvalue weighted by atomic mass is 16.5. The smallest absolute Gasteiger partial charge is 0.0790 e. The van der Waals surface area contributed by atoms with Crippen LogP contribution in [0.2, 0.25) is 0 Å². The Morgan fingerprint density at radius 2 is 2.00 bits per heavy atom. The Hall–Kier alpha value is -1.65. The van der Waals surface area contributed by atoms with E-state index in [0.29, 0.717) is 6.54 Å². The predicted octanol–water partition coefficient (Wildman–Crippen LogP) is 1.35. The maximum atomic E-state index is 8.50. The minimum atomic E-state index is 0.361. The molecule has 0 bridgehead atoms. The summed E-state index contributed by atoms with van der Waals surface area (Å²) in [6.07, 6.45) is 1.86. The van der Waals surface area contributed by atoms with Gasteiger partial charge >= 0.3 is 0 Å². The van der Waals surface area contributed by atoms with Gasteiger partial charge in [0.15, 0.2) is 0 Å². The molecule has 2 rings (SSSR count). The number of nitrogens with one attached hydrogen (secondary N) is 1. The van der Waals surface area contributed by atoms with Gasteiger partial charge in [-0.2, -0.15) is 10.6 Å². The number of nitrogens with zero attached hydrogens (tertiary/aromatic N) is 2. The van der Waals surface area contributed by atoms with Crippen LogP contribution < -0.4 is 5.48 Å². The molecule has 0 saturated heterocycles. The number of para-hydroxylation sites is 1. The van der Waals surface area contributed by atoms with Crippen molar-refractivity contribution in [1.29, 1.82) is 0 Å². The monoisotopic (exact) mass is 189 g/mol.